The van der Waals surface area contributed by atoms with Crippen molar-refractivity contribution in [3.63, 3.8) is 0 Å². The molecule has 1 aliphatic rings. The molecule has 1 aromatic carbocycles. The fourth-order valence-electron chi connectivity index (χ4n) is 1.99. The Balaban J connectivity index is 2.31. The Hall–Kier alpha value is -0.850. The van der Waals surface area contributed by atoms with E-state index >= 15 is 0 Å². The van der Waals surface area contributed by atoms with Gasteiger partial charge in [0.05, 0.1) is 10.7 Å². The molecule has 1 saturated carbocycles. The molecule has 4 nitrogen and oxygen atoms in total. The van der Waals surface area contributed by atoms with Crippen molar-refractivity contribution in [1.29, 1.82) is 0 Å². The van der Waals surface area contributed by atoms with Gasteiger partial charge in [-0.2, -0.15) is 0 Å². The van der Waals surface area contributed by atoms with Crippen LogP contribution in [0.4, 0.5) is 10.1 Å². The van der Waals surface area contributed by atoms with Gasteiger partial charge in [-0.25, -0.2) is 17.1 Å². The lowest BCUT2D eigenvalue weighted by Crippen LogP contribution is -2.29. The molecule has 1 aromatic rings. The Kier molecular flexibility index (Phi) is 3.77. The van der Waals surface area contributed by atoms with E-state index < -0.39 is 15.8 Å². The first kappa shape index (κ1) is 14.6. The number of sulfonamides is 1. The Morgan fingerprint density at radius 1 is 1.53 bits per heavy atom. The summed E-state index contributed by atoms with van der Waals surface area (Å²) in [6, 6.07) is 2.00. The van der Waals surface area contributed by atoms with Crippen molar-refractivity contribution in [2.45, 2.75) is 18.2 Å². The molecule has 2 unspecified atom stereocenters. The third kappa shape index (κ3) is 2.85. The highest BCUT2D eigenvalue weighted by Crippen LogP contribution is 2.39. The van der Waals surface area contributed by atoms with Crippen LogP contribution < -0.4 is 5.73 Å². The standard InChI is InChI=1S/C12H16ClFN2O2S/c1-7-3-8(7)6-16(2)19(17,18)12-5-11(15)10(14)4-9(12)13/h4-5,7-8H,3,6,15H2,1-2H3. The van der Waals surface area contributed by atoms with E-state index in [9.17, 15) is 12.8 Å². The maximum atomic E-state index is 13.2. The number of halogens is 2. The van der Waals surface area contributed by atoms with Crippen LogP contribution in [-0.4, -0.2) is 26.3 Å². The molecule has 2 N–H and O–H groups in total. The lowest BCUT2D eigenvalue weighted by atomic mass is 10.3. The zero-order valence-corrected chi connectivity index (χ0v) is 12.3. The molecule has 1 fully saturated rings. The zero-order valence-electron chi connectivity index (χ0n) is 10.7. The van der Waals surface area contributed by atoms with E-state index in [2.05, 4.69) is 6.92 Å². The van der Waals surface area contributed by atoms with Crippen molar-refractivity contribution in [3.05, 3.63) is 23.0 Å². The first-order valence-corrected chi connectivity index (χ1v) is 7.76. The summed E-state index contributed by atoms with van der Waals surface area (Å²) in [4.78, 5) is -0.149. The van der Waals surface area contributed by atoms with E-state index in [1.54, 1.807) is 0 Å². The fraction of sp³-hybridized carbons (Fsp3) is 0.500. The van der Waals surface area contributed by atoms with Crippen molar-refractivity contribution < 1.29 is 12.8 Å². The van der Waals surface area contributed by atoms with Crippen LogP contribution in [0.25, 0.3) is 0 Å². The summed E-state index contributed by atoms with van der Waals surface area (Å²) >= 11 is 5.81. The average molecular weight is 307 g/mol. The lowest BCUT2D eigenvalue weighted by molar-refractivity contribution is 0.444. The molecule has 0 bridgehead atoms. The second-order valence-corrected chi connectivity index (χ2v) is 7.48. The van der Waals surface area contributed by atoms with Crippen LogP contribution in [-0.2, 0) is 10.0 Å². The van der Waals surface area contributed by atoms with Gasteiger partial charge in [-0.15, -0.1) is 0 Å². The van der Waals surface area contributed by atoms with E-state index in [1.165, 1.54) is 11.4 Å². The van der Waals surface area contributed by atoms with Crippen LogP contribution in [0.1, 0.15) is 13.3 Å². The molecule has 0 aliphatic heterocycles. The summed E-state index contributed by atoms with van der Waals surface area (Å²) in [5, 5.41) is -0.151. The van der Waals surface area contributed by atoms with Gasteiger partial charge < -0.3 is 5.73 Å². The van der Waals surface area contributed by atoms with E-state index in [0.29, 0.717) is 18.4 Å². The summed E-state index contributed by atoms with van der Waals surface area (Å²) in [5.74, 6) is 0.213. The maximum Gasteiger partial charge on any atom is 0.244 e. The highest BCUT2D eigenvalue weighted by molar-refractivity contribution is 7.89. The molecular weight excluding hydrogens is 291 g/mol. The van der Waals surface area contributed by atoms with Gasteiger partial charge in [0.25, 0.3) is 0 Å². The van der Waals surface area contributed by atoms with Gasteiger partial charge in [0.15, 0.2) is 0 Å². The molecule has 0 saturated heterocycles. The van der Waals surface area contributed by atoms with Gasteiger partial charge in [-0.3, -0.25) is 0 Å². The van der Waals surface area contributed by atoms with Gasteiger partial charge in [0, 0.05) is 13.6 Å². The number of nitrogen functional groups attached to an aromatic ring is 1. The van der Waals surface area contributed by atoms with Crippen LogP contribution in [0.2, 0.25) is 5.02 Å². The molecular formula is C12H16ClFN2O2S. The smallest absolute Gasteiger partial charge is 0.244 e. The average Bonchev–Trinajstić information content (AvgIpc) is 2.99. The maximum absolute atomic E-state index is 13.2. The fourth-order valence-corrected chi connectivity index (χ4v) is 3.74. The minimum Gasteiger partial charge on any atom is -0.396 e. The van der Waals surface area contributed by atoms with E-state index in [1.807, 2.05) is 0 Å². The highest BCUT2D eigenvalue weighted by Gasteiger charge is 2.36. The number of hydrogen-bond donors (Lipinski definition) is 1. The Morgan fingerprint density at radius 2 is 2.11 bits per heavy atom. The van der Waals surface area contributed by atoms with Gasteiger partial charge in [-0.05, 0) is 30.4 Å². The summed E-state index contributed by atoms with van der Waals surface area (Å²) in [7, 11) is -2.24. The molecule has 0 spiro atoms. The summed E-state index contributed by atoms with van der Waals surface area (Å²) in [5.41, 5.74) is 5.18. The molecule has 2 rings (SSSR count). The second-order valence-electron chi connectivity index (χ2n) is 5.06. The Labute approximate surface area is 117 Å². The molecule has 19 heavy (non-hydrogen) atoms. The third-order valence-corrected chi connectivity index (χ3v) is 5.80. The number of anilines is 1. The molecule has 2 atom stereocenters. The van der Waals surface area contributed by atoms with Gasteiger partial charge in [0.1, 0.15) is 10.7 Å². The molecule has 0 heterocycles. The third-order valence-electron chi connectivity index (χ3n) is 3.51. The first-order chi connectivity index (χ1) is 8.73. The minimum absolute atomic E-state index is 0.149. The summed E-state index contributed by atoms with van der Waals surface area (Å²) in [6.07, 6.45) is 1.03. The molecule has 7 heteroatoms. The number of rotatable bonds is 4. The number of hydrogen-bond acceptors (Lipinski definition) is 3. The van der Waals surface area contributed by atoms with Gasteiger partial charge in [-0.1, -0.05) is 18.5 Å². The van der Waals surface area contributed by atoms with Crippen LogP contribution in [0, 0.1) is 17.7 Å². The predicted molar refractivity (Wildman–Crippen MR) is 72.9 cm³/mol. The monoisotopic (exact) mass is 306 g/mol. The Morgan fingerprint density at radius 3 is 2.63 bits per heavy atom. The van der Waals surface area contributed by atoms with Crippen molar-refractivity contribution >= 4 is 27.3 Å². The lowest BCUT2D eigenvalue weighted by Gasteiger charge is -2.18. The topological polar surface area (TPSA) is 63.4 Å². The molecule has 0 aromatic heterocycles. The van der Waals surface area contributed by atoms with Crippen LogP contribution in [0.3, 0.4) is 0 Å². The predicted octanol–water partition coefficient (Wildman–Crippen LogP) is 2.34. The summed E-state index contributed by atoms with van der Waals surface area (Å²) < 4.78 is 39.2. The SMILES string of the molecule is CC1CC1CN(C)S(=O)(=O)c1cc(N)c(F)cc1Cl. The van der Waals surface area contributed by atoms with E-state index in [-0.39, 0.29) is 15.6 Å². The van der Waals surface area contributed by atoms with Gasteiger partial charge in [0.2, 0.25) is 10.0 Å². The van der Waals surface area contributed by atoms with Crippen molar-refractivity contribution in [2.75, 3.05) is 19.3 Å². The molecule has 106 valence electrons. The van der Waals surface area contributed by atoms with Crippen LogP contribution >= 0.6 is 11.6 Å². The van der Waals surface area contributed by atoms with Crippen molar-refractivity contribution in [1.82, 2.24) is 4.31 Å². The molecule has 1 aliphatic carbocycles. The van der Waals surface area contributed by atoms with Crippen molar-refractivity contribution in [3.8, 4) is 0 Å². The van der Waals surface area contributed by atoms with E-state index in [0.717, 1.165) is 18.6 Å². The van der Waals surface area contributed by atoms with Crippen molar-refractivity contribution in [2.24, 2.45) is 11.8 Å². The quantitative estimate of drug-likeness (QED) is 0.868. The number of nitrogens with two attached hydrogens (primary N) is 1. The minimum atomic E-state index is -3.73. The summed E-state index contributed by atoms with van der Waals surface area (Å²) in [6.45, 7) is 2.52. The Bertz CT molecular complexity index is 606. The second kappa shape index (κ2) is 4.92. The van der Waals surface area contributed by atoms with Crippen LogP contribution in [0.15, 0.2) is 17.0 Å². The molecule has 0 amide bonds. The number of benzene rings is 1. The van der Waals surface area contributed by atoms with E-state index in [4.69, 9.17) is 17.3 Å². The molecule has 0 radical (unpaired) electrons. The zero-order chi connectivity index (χ0) is 14.4. The van der Waals surface area contributed by atoms with Gasteiger partial charge >= 0.3 is 0 Å². The highest BCUT2D eigenvalue weighted by atomic mass is 35.5. The first-order valence-electron chi connectivity index (χ1n) is 5.94. The normalized spacial score (nSPS) is 22.8. The number of nitrogens with zero attached hydrogens (tertiary/aromatic N) is 1. The largest absolute Gasteiger partial charge is 0.396 e. The van der Waals surface area contributed by atoms with Crippen LogP contribution in [0.5, 0.6) is 0 Å².